The van der Waals surface area contributed by atoms with Crippen molar-refractivity contribution in [3.8, 4) is 0 Å². The van der Waals surface area contributed by atoms with Crippen LogP contribution in [0.3, 0.4) is 0 Å². The van der Waals surface area contributed by atoms with E-state index in [-0.39, 0.29) is 6.04 Å². The lowest BCUT2D eigenvalue weighted by molar-refractivity contribution is 0.0856. The zero-order chi connectivity index (χ0) is 8.55. The summed E-state index contributed by atoms with van der Waals surface area (Å²) in [5, 5.41) is 8.55. The number of likely N-dealkylation sites (tertiary alicyclic amines) is 1. The predicted molar refractivity (Wildman–Crippen MR) is 40.9 cm³/mol. The minimum absolute atomic E-state index is 0.281. The summed E-state index contributed by atoms with van der Waals surface area (Å²) in [7, 11) is 0. The molecule has 5 heteroatoms. The van der Waals surface area contributed by atoms with Gasteiger partial charge < -0.3 is 14.6 Å². The molecule has 1 N–H and O–H groups in total. The molecular formula is C7H9N3O2. The lowest BCUT2D eigenvalue weighted by atomic mass is 10.1. The van der Waals surface area contributed by atoms with E-state index in [4.69, 9.17) is 5.11 Å². The number of carboxylic acid groups (broad SMARTS) is 1. The zero-order valence-electron chi connectivity index (χ0n) is 6.42. The fraction of sp³-hybridized carbons (Fsp3) is 0.429. The third kappa shape index (κ3) is 1.03. The predicted octanol–water partition coefficient (Wildman–Crippen LogP) is 0.418. The molecule has 1 fully saturated rings. The number of carbonyl (C=O) groups is 1. The second kappa shape index (κ2) is 2.51. The Hall–Kier alpha value is -1.52. The van der Waals surface area contributed by atoms with E-state index in [0.29, 0.717) is 13.1 Å². The van der Waals surface area contributed by atoms with E-state index in [9.17, 15) is 4.79 Å². The van der Waals surface area contributed by atoms with E-state index in [1.807, 2.05) is 10.8 Å². The highest BCUT2D eigenvalue weighted by Gasteiger charge is 2.30. The molecule has 1 aliphatic rings. The van der Waals surface area contributed by atoms with E-state index in [1.54, 1.807) is 12.5 Å². The molecule has 1 amide bonds. The van der Waals surface area contributed by atoms with Crippen molar-refractivity contribution in [2.24, 2.45) is 0 Å². The van der Waals surface area contributed by atoms with Gasteiger partial charge in [0.25, 0.3) is 0 Å². The molecule has 12 heavy (non-hydrogen) atoms. The van der Waals surface area contributed by atoms with Gasteiger partial charge in [0.15, 0.2) is 0 Å². The number of nitrogens with zero attached hydrogens (tertiary/aromatic N) is 3. The summed E-state index contributed by atoms with van der Waals surface area (Å²) in [6.07, 6.45) is 4.42. The third-order valence-electron chi connectivity index (χ3n) is 2.08. The van der Waals surface area contributed by atoms with Crippen LogP contribution in [0.1, 0.15) is 6.04 Å². The average molecular weight is 167 g/mol. The quantitative estimate of drug-likeness (QED) is 0.659. The minimum Gasteiger partial charge on any atom is -0.465 e. The molecule has 1 saturated heterocycles. The molecule has 5 nitrogen and oxygen atoms in total. The standard InChI is InChI=1S/C7H9N3O2/c11-7(12)10-3-6(4-10)9-2-1-8-5-9/h1-2,5-6H,3-4H2,(H,11,12). The van der Waals surface area contributed by atoms with Crippen molar-refractivity contribution in [2.75, 3.05) is 13.1 Å². The van der Waals surface area contributed by atoms with Gasteiger partial charge in [-0.25, -0.2) is 9.78 Å². The van der Waals surface area contributed by atoms with E-state index in [2.05, 4.69) is 4.98 Å². The zero-order valence-corrected chi connectivity index (χ0v) is 6.42. The van der Waals surface area contributed by atoms with Gasteiger partial charge in [-0.05, 0) is 0 Å². The third-order valence-corrected chi connectivity index (χ3v) is 2.08. The molecule has 2 heterocycles. The maximum absolute atomic E-state index is 10.4. The van der Waals surface area contributed by atoms with E-state index in [0.717, 1.165) is 0 Å². The van der Waals surface area contributed by atoms with Crippen molar-refractivity contribution >= 4 is 6.09 Å². The number of hydrogen-bond acceptors (Lipinski definition) is 2. The molecule has 1 aliphatic heterocycles. The van der Waals surface area contributed by atoms with Crippen LogP contribution in [-0.4, -0.2) is 38.7 Å². The Morgan fingerprint density at radius 1 is 1.58 bits per heavy atom. The SMILES string of the molecule is O=C(O)N1CC(n2ccnc2)C1. The van der Waals surface area contributed by atoms with Gasteiger partial charge in [0.05, 0.1) is 12.4 Å². The molecule has 1 aromatic rings. The van der Waals surface area contributed by atoms with Gasteiger partial charge in [-0.1, -0.05) is 0 Å². The van der Waals surface area contributed by atoms with Crippen molar-refractivity contribution < 1.29 is 9.90 Å². The molecule has 64 valence electrons. The monoisotopic (exact) mass is 167 g/mol. The van der Waals surface area contributed by atoms with Gasteiger partial charge in [0.1, 0.15) is 0 Å². The Balaban J connectivity index is 1.94. The first-order chi connectivity index (χ1) is 5.77. The molecule has 0 spiro atoms. The molecule has 0 radical (unpaired) electrons. The van der Waals surface area contributed by atoms with Gasteiger partial charge >= 0.3 is 6.09 Å². The van der Waals surface area contributed by atoms with Crippen molar-refractivity contribution in [3.63, 3.8) is 0 Å². The summed E-state index contributed by atoms with van der Waals surface area (Å²) in [5.41, 5.74) is 0. The van der Waals surface area contributed by atoms with E-state index < -0.39 is 6.09 Å². The number of amides is 1. The molecule has 0 saturated carbocycles. The lowest BCUT2D eigenvalue weighted by Gasteiger charge is -2.37. The fourth-order valence-corrected chi connectivity index (χ4v) is 1.29. The summed E-state index contributed by atoms with van der Waals surface area (Å²) in [4.78, 5) is 15.7. The molecule has 0 aliphatic carbocycles. The van der Waals surface area contributed by atoms with Crippen LogP contribution in [0.25, 0.3) is 0 Å². The Morgan fingerprint density at radius 3 is 2.83 bits per heavy atom. The van der Waals surface area contributed by atoms with Crippen LogP contribution in [-0.2, 0) is 0 Å². The van der Waals surface area contributed by atoms with Gasteiger partial charge in [0, 0.05) is 25.5 Å². The van der Waals surface area contributed by atoms with Gasteiger partial charge in [-0.3, -0.25) is 0 Å². The molecule has 0 unspecified atom stereocenters. The molecule has 2 rings (SSSR count). The van der Waals surface area contributed by atoms with Crippen LogP contribution in [0.4, 0.5) is 4.79 Å². The van der Waals surface area contributed by atoms with Crippen molar-refractivity contribution in [3.05, 3.63) is 18.7 Å². The van der Waals surface area contributed by atoms with Crippen LogP contribution >= 0.6 is 0 Å². The summed E-state index contributed by atoms with van der Waals surface area (Å²) in [5.74, 6) is 0. The van der Waals surface area contributed by atoms with Crippen LogP contribution in [0.2, 0.25) is 0 Å². The smallest absolute Gasteiger partial charge is 0.407 e. The van der Waals surface area contributed by atoms with E-state index >= 15 is 0 Å². The highest BCUT2D eigenvalue weighted by molar-refractivity contribution is 5.66. The largest absolute Gasteiger partial charge is 0.465 e. The molecule has 0 bridgehead atoms. The van der Waals surface area contributed by atoms with Crippen molar-refractivity contribution in [2.45, 2.75) is 6.04 Å². The highest BCUT2D eigenvalue weighted by atomic mass is 16.4. The minimum atomic E-state index is -0.841. The first-order valence-corrected chi connectivity index (χ1v) is 3.72. The summed E-state index contributed by atoms with van der Waals surface area (Å²) < 4.78 is 1.93. The van der Waals surface area contributed by atoms with Crippen LogP contribution in [0.5, 0.6) is 0 Å². The molecular weight excluding hydrogens is 158 g/mol. The van der Waals surface area contributed by atoms with E-state index in [1.165, 1.54) is 4.90 Å². The molecule has 1 aromatic heterocycles. The average Bonchev–Trinajstić information content (AvgIpc) is 2.34. The Labute approximate surface area is 69.2 Å². The van der Waals surface area contributed by atoms with Gasteiger partial charge in [-0.2, -0.15) is 0 Å². The van der Waals surface area contributed by atoms with Crippen molar-refractivity contribution in [1.29, 1.82) is 0 Å². The normalized spacial score (nSPS) is 17.5. The number of aromatic nitrogens is 2. The maximum atomic E-state index is 10.4. The Kier molecular flexibility index (Phi) is 1.49. The first-order valence-electron chi connectivity index (χ1n) is 3.72. The van der Waals surface area contributed by atoms with Crippen LogP contribution in [0, 0.1) is 0 Å². The fourth-order valence-electron chi connectivity index (χ4n) is 1.29. The molecule has 0 atom stereocenters. The second-order valence-corrected chi connectivity index (χ2v) is 2.85. The second-order valence-electron chi connectivity index (χ2n) is 2.85. The lowest BCUT2D eigenvalue weighted by Crippen LogP contribution is -2.49. The first kappa shape index (κ1) is 7.15. The van der Waals surface area contributed by atoms with Crippen LogP contribution < -0.4 is 0 Å². The van der Waals surface area contributed by atoms with Gasteiger partial charge in [-0.15, -0.1) is 0 Å². The molecule has 0 aromatic carbocycles. The summed E-state index contributed by atoms with van der Waals surface area (Å²) >= 11 is 0. The number of imidazole rings is 1. The summed E-state index contributed by atoms with van der Waals surface area (Å²) in [6.45, 7) is 1.15. The number of hydrogen-bond donors (Lipinski definition) is 1. The van der Waals surface area contributed by atoms with Crippen LogP contribution in [0.15, 0.2) is 18.7 Å². The Morgan fingerprint density at radius 2 is 2.33 bits per heavy atom. The highest BCUT2D eigenvalue weighted by Crippen LogP contribution is 2.19. The summed E-state index contributed by atoms with van der Waals surface area (Å²) in [6, 6.07) is 0.281. The van der Waals surface area contributed by atoms with Gasteiger partial charge in [0.2, 0.25) is 0 Å². The topological polar surface area (TPSA) is 58.4 Å². The van der Waals surface area contributed by atoms with Crippen molar-refractivity contribution in [1.82, 2.24) is 14.5 Å². The Bertz CT molecular complexity index is 277. The maximum Gasteiger partial charge on any atom is 0.407 e. The number of rotatable bonds is 1.